The predicted octanol–water partition coefficient (Wildman–Crippen LogP) is -8.96. The van der Waals surface area contributed by atoms with Crippen LogP contribution < -0.4 is 17.5 Å². The largest absolute Gasteiger partial charge is 2.00 e. The second kappa shape index (κ2) is 231. The van der Waals surface area contributed by atoms with Gasteiger partial charge in [0.1, 0.15) is 0 Å². The van der Waals surface area contributed by atoms with Gasteiger partial charge < -0.3 is 50.4 Å². The first kappa shape index (κ1) is 146. The van der Waals surface area contributed by atoms with Crippen molar-refractivity contribution in [3.05, 3.63) is 0 Å². The predicted molar refractivity (Wildman–Crippen MR) is 38.0 cm³/mol. The molecule has 0 spiro atoms. The SMILES string of the molecule is CC[O-].O.O.O.O.O.O.[Ca+2].[Cl-]. The van der Waals surface area contributed by atoms with Crippen molar-refractivity contribution in [3.63, 3.8) is 0 Å². The van der Waals surface area contributed by atoms with E-state index in [-0.39, 0.29) is 89.6 Å². The minimum Gasteiger partial charge on any atom is -1.00 e. The smallest absolute Gasteiger partial charge is 1.00 e. The Labute approximate surface area is 101 Å². The molecule has 11 heavy (non-hydrogen) atoms. The standard InChI is InChI=1S/C2H5O.Ca.ClH.6H2O/c1-2-3;;;;;;;;/h2H2,1H3;;1H;6*1H2/q-1;+2;;;;;;;/p-1. The maximum atomic E-state index is 8.93. The number of hydrogen-bond acceptors (Lipinski definition) is 1. The van der Waals surface area contributed by atoms with Crippen molar-refractivity contribution in [1.82, 2.24) is 0 Å². The van der Waals surface area contributed by atoms with Crippen LogP contribution in [-0.2, 0) is 0 Å². The second-order valence-electron chi connectivity index (χ2n) is 0.289. The van der Waals surface area contributed by atoms with Crippen molar-refractivity contribution in [1.29, 1.82) is 0 Å². The molecular weight excluding hydrogens is 212 g/mol. The summed E-state index contributed by atoms with van der Waals surface area (Å²) < 4.78 is 0. The van der Waals surface area contributed by atoms with Gasteiger partial charge in [0, 0.05) is 0 Å². The molecule has 0 bridgehead atoms. The van der Waals surface area contributed by atoms with Gasteiger partial charge in [0.15, 0.2) is 0 Å². The summed E-state index contributed by atoms with van der Waals surface area (Å²) in [6.07, 6.45) is 0. The van der Waals surface area contributed by atoms with E-state index in [4.69, 9.17) is 5.11 Å². The van der Waals surface area contributed by atoms with Crippen LogP contribution >= 0.6 is 0 Å². The van der Waals surface area contributed by atoms with Crippen LogP contribution in [0.5, 0.6) is 0 Å². The van der Waals surface area contributed by atoms with Gasteiger partial charge in [0.25, 0.3) is 0 Å². The van der Waals surface area contributed by atoms with Crippen molar-refractivity contribution in [2.45, 2.75) is 6.92 Å². The molecule has 0 saturated carbocycles. The molecule has 0 aliphatic heterocycles. The fourth-order valence-corrected chi connectivity index (χ4v) is 0. The van der Waals surface area contributed by atoms with Crippen LogP contribution in [0.3, 0.4) is 0 Å². The molecule has 0 atom stereocenters. The summed E-state index contributed by atoms with van der Waals surface area (Å²) in [4.78, 5) is 0. The van der Waals surface area contributed by atoms with Crippen molar-refractivity contribution in [2.75, 3.05) is 6.61 Å². The Morgan fingerprint density at radius 2 is 0.818 bits per heavy atom. The molecule has 0 unspecified atom stereocenters. The maximum Gasteiger partial charge on any atom is 2.00 e. The van der Waals surface area contributed by atoms with E-state index in [1.54, 1.807) is 6.92 Å². The zero-order chi connectivity index (χ0) is 2.71. The van der Waals surface area contributed by atoms with Crippen LogP contribution in [-0.4, -0.2) is 77.2 Å². The Morgan fingerprint density at radius 1 is 0.818 bits per heavy atom. The van der Waals surface area contributed by atoms with E-state index in [1.165, 1.54) is 0 Å². The molecule has 0 aromatic heterocycles. The normalized spacial score (nSPS) is 1.64. The van der Waals surface area contributed by atoms with Crippen molar-refractivity contribution < 1.29 is 50.4 Å². The summed E-state index contributed by atoms with van der Waals surface area (Å²) in [6.45, 7) is 1.57. The molecule has 0 radical (unpaired) electrons. The first-order chi connectivity index (χ1) is 1.41. The Morgan fingerprint density at radius 3 is 0.818 bits per heavy atom. The molecule has 0 heterocycles. The van der Waals surface area contributed by atoms with Gasteiger partial charge in [0.2, 0.25) is 0 Å². The van der Waals surface area contributed by atoms with Gasteiger partial charge in [-0.25, -0.2) is 0 Å². The summed E-state index contributed by atoms with van der Waals surface area (Å²) >= 11 is 0. The third kappa shape index (κ3) is 601. The van der Waals surface area contributed by atoms with E-state index in [0.717, 1.165) is 0 Å². The minimum atomic E-state index is 0. The zero-order valence-electron chi connectivity index (χ0n) is 6.20. The van der Waals surface area contributed by atoms with Gasteiger partial charge in [-0.05, 0) is 0 Å². The maximum absolute atomic E-state index is 8.93. The molecule has 0 aliphatic carbocycles. The summed E-state index contributed by atoms with van der Waals surface area (Å²) in [5, 5.41) is 8.93. The second-order valence-corrected chi connectivity index (χ2v) is 0.289. The number of halogens is 1. The monoisotopic (exact) mass is 228 g/mol. The van der Waals surface area contributed by atoms with Crippen molar-refractivity contribution in [2.24, 2.45) is 0 Å². The third-order valence-corrected chi connectivity index (χ3v) is 0. The molecule has 0 amide bonds. The van der Waals surface area contributed by atoms with E-state index in [2.05, 4.69) is 0 Å². The summed E-state index contributed by atoms with van der Waals surface area (Å²) in [6, 6.07) is 0. The zero-order valence-corrected chi connectivity index (χ0v) is 9.16. The Bertz CT molecular complexity index is 16.4. The van der Waals surface area contributed by atoms with Crippen LogP contribution in [0.25, 0.3) is 0 Å². The molecule has 9 heteroatoms. The van der Waals surface area contributed by atoms with Crippen molar-refractivity contribution >= 4 is 37.7 Å². The summed E-state index contributed by atoms with van der Waals surface area (Å²) in [5.74, 6) is 0. The molecule has 0 saturated heterocycles. The van der Waals surface area contributed by atoms with Gasteiger partial charge in [-0.3, -0.25) is 0 Å². The van der Waals surface area contributed by atoms with E-state index < -0.39 is 0 Å². The fourth-order valence-electron chi connectivity index (χ4n) is 0. The van der Waals surface area contributed by atoms with Gasteiger partial charge in [-0.15, -0.1) is 6.61 Å². The quantitative estimate of drug-likeness (QED) is 0.363. The fraction of sp³-hybridized carbons (Fsp3) is 1.00. The van der Waals surface area contributed by atoms with Crippen LogP contribution in [0.4, 0.5) is 0 Å². The van der Waals surface area contributed by atoms with Gasteiger partial charge in [-0.1, -0.05) is 6.92 Å². The van der Waals surface area contributed by atoms with E-state index in [9.17, 15) is 0 Å². The summed E-state index contributed by atoms with van der Waals surface area (Å²) in [7, 11) is 0. The van der Waals surface area contributed by atoms with Gasteiger partial charge in [-0.2, -0.15) is 0 Å². The average Bonchev–Trinajstić information content (AvgIpc) is 0.918. The van der Waals surface area contributed by atoms with Crippen LogP contribution in [0.15, 0.2) is 0 Å². The molecule has 7 nitrogen and oxygen atoms in total. The molecule has 0 aromatic rings. The van der Waals surface area contributed by atoms with E-state index >= 15 is 0 Å². The Kier molecular flexibility index (Phi) is 3060. The van der Waals surface area contributed by atoms with Gasteiger partial charge in [0.05, 0.1) is 0 Å². The number of rotatable bonds is 0. The molecule has 0 aromatic carbocycles. The molecule has 76 valence electrons. The van der Waals surface area contributed by atoms with E-state index in [1.807, 2.05) is 0 Å². The molecule has 12 N–H and O–H groups in total. The van der Waals surface area contributed by atoms with Gasteiger partial charge >= 0.3 is 37.7 Å². The molecular formula is C2H17CaClO7. The number of hydrogen-bond donors (Lipinski definition) is 0. The minimum absolute atomic E-state index is 0. The van der Waals surface area contributed by atoms with Crippen LogP contribution in [0, 0.1) is 0 Å². The van der Waals surface area contributed by atoms with Crippen LogP contribution in [0.2, 0.25) is 0 Å². The van der Waals surface area contributed by atoms with Crippen LogP contribution in [0.1, 0.15) is 6.92 Å². The summed E-state index contributed by atoms with van der Waals surface area (Å²) in [5.41, 5.74) is 0. The topological polar surface area (TPSA) is 212 Å². The first-order valence-electron chi connectivity index (χ1n) is 0.996. The Balaban J connectivity index is -0.000000000714. The Hall–Kier alpha value is 1.27. The first-order valence-corrected chi connectivity index (χ1v) is 0.996. The molecule has 0 aliphatic rings. The third-order valence-electron chi connectivity index (χ3n) is 0. The molecule has 0 fully saturated rings. The molecule has 0 rings (SSSR count). The van der Waals surface area contributed by atoms with E-state index in [0.29, 0.717) is 0 Å². The average molecular weight is 229 g/mol. The van der Waals surface area contributed by atoms with Crippen molar-refractivity contribution in [3.8, 4) is 0 Å².